The van der Waals surface area contributed by atoms with Crippen LogP contribution in [0.5, 0.6) is 0 Å². The minimum Gasteiger partial charge on any atom is -0.316 e. The summed E-state index contributed by atoms with van der Waals surface area (Å²) in [6.45, 7) is 4.72. The molecule has 1 nitrogen and oxygen atoms in total. The first-order valence-corrected chi connectivity index (χ1v) is 5.87. The number of hydrogen-bond donors (Lipinski definition) is 1. The molecular formula is C14H18F3N. The second kappa shape index (κ2) is 6.05. The van der Waals surface area contributed by atoms with Crippen LogP contribution in [0.15, 0.2) is 29.8 Å². The van der Waals surface area contributed by atoms with Gasteiger partial charge in [-0.3, -0.25) is 0 Å². The summed E-state index contributed by atoms with van der Waals surface area (Å²) in [6, 6.07) is 5.39. The third-order valence-electron chi connectivity index (χ3n) is 2.69. The van der Waals surface area contributed by atoms with Crippen LogP contribution >= 0.6 is 0 Å². The Morgan fingerprint density at radius 2 is 2.00 bits per heavy atom. The number of halogens is 3. The van der Waals surface area contributed by atoms with Crippen molar-refractivity contribution in [3.8, 4) is 0 Å². The lowest BCUT2D eigenvalue weighted by atomic mass is 9.99. The van der Waals surface area contributed by atoms with Crippen LogP contribution in [0.1, 0.15) is 25.0 Å². The van der Waals surface area contributed by atoms with Gasteiger partial charge < -0.3 is 5.32 Å². The van der Waals surface area contributed by atoms with Crippen molar-refractivity contribution in [1.82, 2.24) is 5.32 Å². The lowest BCUT2D eigenvalue weighted by Gasteiger charge is -2.12. The maximum Gasteiger partial charge on any atom is 0.416 e. The van der Waals surface area contributed by atoms with Crippen LogP contribution in [-0.4, -0.2) is 13.6 Å². The molecule has 0 atom stereocenters. The third kappa shape index (κ3) is 4.18. The van der Waals surface area contributed by atoms with Crippen molar-refractivity contribution in [2.45, 2.75) is 20.0 Å². The minimum absolute atomic E-state index is 0.298. The van der Waals surface area contributed by atoms with Crippen LogP contribution < -0.4 is 5.32 Å². The first kappa shape index (κ1) is 14.8. The summed E-state index contributed by atoms with van der Waals surface area (Å²) >= 11 is 0. The molecular weight excluding hydrogens is 239 g/mol. The van der Waals surface area contributed by atoms with E-state index >= 15 is 0 Å². The SMILES string of the molecule is CNCC(=Cc1cccc(C(F)(F)F)c1)C(C)C. The molecule has 1 N–H and O–H groups in total. The van der Waals surface area contributed by atoms with Crippen LogP contribution in [0, 0.1) is 5.92 Å². The predicted molar refractivity (Wildman–Crippen MR) is 68.2 cm³/mol. The monoisotopic (exact) mass is 257 g/mol. The largest absolute Gasteiger partial charge is 0.416 e. The number of hydrogen-bond acceptors (Lipinski definition) is 1. The number of likely N-dealkylation sites (N-methyl/N-ethyl adjacent to an activating group) is 1. The maximum atomic E-state index is 12.6. The van der Waals surface area contributed by atoms with Crippen molar-refractivity contribution in [3.05, 3.63) is 41.0 Å². The maximum absolute atomic E-state index is 12.6. The summed E-state index contributed by atoms with van der Waals surface area (Å²) in [6.07, 6.45) is -2.47. The van der Waals surface area contributed by atoms with Crippen molar-refractivity contribution in [3.63, 3.8) is 0 Å². The van der Waals surface area contributed by atoms with Gasteiger partial charge in [0.05, 0.1) is 5.56 Å². The molecule has 0 bridgehead atoms. The molecule has 0 radical (unpaired) electrons. The first-order valence-electron chi connectivity index (χ1n) is 5.87. The second-order valence-corrected chi connectivity index (χ2v) is 4.53. The highest BCUT2D eigenvalue weighted by atomic mass is 19.4. The molecule has 0 unspecified atom stereocenters. The van der Waals surface area contributed by atoms with E-state index in [4.69, 9.17) is 0 Å². The van der Waals surface area contributed by atoms with E-state index in [1.165, 1.54) is 12.1 Å². The van der Waals surface area contributed by atoms with Gasteiger partial charge in [-0.2, -0.15) is 13.2 Å². The van der Waals surface area contributed by atoms with Gasteiger partial charge in [0.1, 0.15) is 0 Å². The van der Waals surface area contributed by atoms with Gasteiger partial charge >= 0.3 is 6.18 Å². The van der Waals surface area contributed by atoms with E-state index in [0.717, 1.165) is 11.6 Å². The summed E-state index contributed by atoms with van der Waals surface area (Å²) in [5.74, 6) is 0.298. The molecule has 0 fully saturated rings. The fourth-order valence-electron chi connectivity index (χ4n) is 1.64. The topological polar surface area (TPSA) is 12.0 Å². The first-order chi connectivity index (χ1) is 8.34. The van der Waals surface area contributed by atoms with E-state index < -0.39 is 11.7 Å². The van der Waals surface area contributed by atoms with Crippen LogP contribution in [0.4, 0.5) is 13.2 Å². The molecule has 0 aliphatic heterocycles. The molecule has 0 saturated carbocycles. The Balaban J connectivity index is 3.06. The molecule has 0 aromatic heterocycles. The lowest BCUT2D eigenvalue weighted by molar-refractivity contribution is -0.137. The number of alkyl halides is 3. The molecule has 1 rings (SSSR count). The average Bonchev–Trinajstić information content (AvgIpc) is 2.27. The zero-order valence-corrected chi connectivity index (χ0v) is 10.8. The molecule has 18 heavy (non-hydrogen) atoms. The molecule has 4 heteroatoms. The quantitative estimate of drug-likeness (QED) is 0.860. The predicted octanol–water partition coefficient (Wildman–Crippen LogP) is 3.96. The van der Waals surface area contributed by atoms with E-state index in [0.29, 0.717) is 18.0 Å². The van der Waals surface area contributed by atoms with Gasteiger partial charge in [0.2, 0.25) is 0 Å². The average molecular weight is 257 g/mol. The Bertz CT molecular complexity index is 419. The Hall–Kier alpha value is -1.29. The summed E-state index contributed by atoms with van der Waals surface area (Å²) in [5, 5.41) is 3.02. The highest BCUT2D eigenvalue weighted by molar-refractivity contribution is 5.54. The molecule has 100 valence electrons. The summed E-state index contributed by atoms with van der Waals surface area (Å²) in [5.41, 5.74) is 1.06. The highest BCUT2D eigenvalue weighted by Crippen LogP contribution is 2.30. The molecule has 0 amide bonds. The van der Waals surface area contributed by atoms with Gasteiger partial charge in [-0.25, -0.2) is 0 Å². The van der Waals surface area contributed by atoms with Gasteiger partial charge in [-0.1, -0.05) is 37.6 Å². The Morgan fingerprint density at radius 3 is 2.50 bits per heavy atom. The van der Waals surface area contributed by atoms with Crippen LogP contribution in [-0.2, 0) is 6.18 Å². The van der Waals surface area contributed by atoms with E-state index in [2.05, 4.69) is 5.32 Å². The lowest BCUT2D eigenvalue weighted by Crippen LogP contribution is -2.14. The Labute approximate surface area is 106 Å². The van der Waals surface area contributed by atoms with E-state index in [1.807, 2.05) is 27.0 Å². The van der Waals surface area contributed by atoms with Crippen molar-refractivity contribution in [2.24, 2.45) is 5.92 Å². The molecule has 0 saturated heterocycles. The zero-order chi connectivity index (χ0) is 13.8. The molecule has 1 aromatic carbocycles. The number of nitrogens with one attached hydrogen (secondary N) is 1. The van der Waals surface area contributed by atoms with E-state index in [9.17, 15) is 13.2 Å². The highest BCUT2D eigenvalue weighted by Gasteiger charge is 2.30. The van der Waals surface area contributed by atoms with Gasteiger partial charge in [-0.15, -0.1) is 0 Å². The number of rotatable bonds is 4. The zero-order valence-electron chi connectivity index (χ0n) is 10.8. The Kier molecular flexibility index (Phi) is 4.96. The van der Waals surface area contributed by atoms with E-state index in [-0.39, 0.29) is 0 Å². The van der Waals surface area contributed by atoms with Gasteiger partial charge in [0, 0.05) is 6.54 Å². The fraction of sp³-hybridized carbons (Fsp3) is 0.429. The van der Waals surface area contributed by atoms with Gasteiger partial charge in [-0.05, 0) is 30.7 Å². The minimum atomic E-state index is -4.29. The smallest absolute Gasteiger partial charge is 0.316 e. The van der Waals surface area contributed by atoms with Crippen molar-refractivity contribution in [1.29, 1.82) is 0 Å². The van der Waals surface area contributed by atoms with Crippen LogP contribution in [0.2, 0.25) is 0 Å². The van der Waals surface area contributed by atoms with Crippen molar-refractivity contribution < 1.29 is 13.2 Å². The molecule has 0 heterocycles. The van der Waals surface area contributed by atoms with Crippen molar-refractivity contribution >= 4 is 6.08 Å². The van der Waals surface area contributed by atoms with Gasteiger partial charge in [0.15, 0.2) is 0 Å². The molecule has 0 aliphatic carbocycles. The number of benzene rings is 1. The summed E-state index contributed by atoms with van der Waals surface area (Å²) in [4.78, 5) is 0. The van der Waals surface area contributed by atoms with E-state index in [1.54, 1.807) is 6.07 Å². The third-order valence-corrected chi connectivity index (χ3v) is 2.69. The normalized spacial score (nSPS) is 13.2. The second-order valence-electron chi connectivity index (χ2n) is 4.53. The van der Waals surface area contributed by atoms with Crippen molar-refractivity contribution in [2.75, 3.05) is 13.6 Å². The molecule has 0 spiro atoms. The molecule has 1 aromatic rings. The molecule has 0 aliphatic rings. The standard InChI is InChI=1S/C14H18F3N/c1-10(2)12(9-18-3)7-11-5-4-6-13(8-11)14(15,16)17/h4-8,10,18H,9H2,1-3H3. The Morgan fingerprint density at radius 1 is 1.33 bits per heavy atom. The van der Waals surface area contributed by atoms with Gasteiger partial charge in [0.25, 0.3) is 0 Å². The van der Waals surface area contributed by atoms with Crippen LogP contribution in [0.3, 0.4) is 0 Å². The van der Waals surface area contributed by atoms with Crippen LogP contribution in [0.25, 0.3) is 6.08 Å². The summed E-state index contributed by atoms with van der Waals surface area (Å²) < 4.78 is 37.7. The fourth-order valence-corrected chi connectivity index (χ4v) is 1.64. The summed E-state index contributed by atoms with van der Waals surface area (Å²) in [7, 11) is 1.82.